The molecule has 16 heavy (non-hydrogen) atoms. The number of hydrogen-bond acceptors (Lipinski definition) is 3. The van der Waals surface area contributed by atoms with E-state index in [4.69, 9.17) is 10.2 Å². The molecule has 1 aromatic rings. The maximum atomic E-state index is 11.4. The molecule has 0 aromatic heterocycles. The third-order valence-electron chi connectivity index (χ3n) is 2.49. The van der Waals surface area contributed by atoms with Crippen LogP contribution in [0.2, 0.25) is 0 Å². The molecule has 2 N–H and O–H groups in total. The first-order valence-corrected chi connectivity index (χ1v) is 5.63. The van der Waals surface area contributed by atoms with E-state index in [2.05, 4.69) is 0 Å². The van der Waals surface area contributed by atoms with Crippen molar-refractivity contribution in [3.8, 4) is 5.75 Å². The fourth-order valence-electron chi connectivity index (χ4n) is 1.51. The molecule has 0 unspecified atom stereocenters. The number of hydrogen-bond donors (Lipinski definition) is 2. The highest BCUT2D eigenvalue weighted by atomic mass is 16.3. The number of aromatic hydroxyl groups is 1. The van der Waals surface area contributed by atoms with E-state index < -0.39 is 0 Å². The number of phenols is 1. The van der Waals surface area contributed by atoms with Crippen molar-refractivity contribution in [2.75, 3.05) is 6.61 Å². The number of benzene rings is 1. The van der Waals surface area contributed by atoms with Crippen molar-refractivity contribution >= 4 is 5.78 Å². The second-order valence-electron chi connectivity index (χ2n) is 3.89. The molecule has 0 aliphatic heterocycles. The largest absolute Gasteiger partial charge is 0.508 e. The fraction of sp³-hybridized carbons (Fsp3) is 0.462. The van der Waals surface area contributed by atoms with Crippen LogP contribution in [0.1, 0.15) is 31.2 Å². The average molecular weight is 222 g/mol. The molecule has 0 aliphatic rings. The van der Waals surface area contributed by atoms with Crippen LogP contribution in [0.5, 0.6) is 5.75 Å². The molecular formula is C13H18O3. The molecule has 3 heteroatoms. The molecule has 0 fully saturated rings. The van der Waals surface area contributed by atoms with Crippen LogP contribution in [0.3, 0.4) is 0 Å². The van der Waals surface area contributed by atoms with Crippen LogP contribution in [0.25, 0.3) is 0 Å². The Labute approximate surface area is 95.7 Å². The zero-order valence-electron chi connectivity index (χ0n) is 9.35. The number of aliphatic hydroxyl groups is 1. The zero-order valence-corrected chi connectivity index (χ0v) is 9.35. The molecule has 0 spiro atoms. The lowest BCUT2D eigenvalue weighted by molar-refractivity contribution is -0.119. The SMILES string of the molecule is O=C(CCCCO)CCc1ccc(O)cc1. The summed E-state index contributed by atoms with van der Waals surface area (Å²) in [5, 5.41) is 17.7. The van der Waals surface area contributed by atoms with Crippen molar-refractivity contribution < 1.29 is 15.0 Å². The standard InChI is InChI=1S/C13H18O3/c14-10-2-1-3-12(15)7-4-11-5-8-13(16)9-6-11/h5-6,8-9,14,16H,1-4,7,10H2. The number of aliphatic hydroxyl groups excluding tert-OH is 1. The van der Waals surface area contributed by atoms with Crippen LogP contribution in [0.4, 0.5) is 0 Å². The number of aryl methyl sites for hydroxylation is 1. The molecule has 0 amide bonds. The van der Waals surface area contributed by atoms with Gasteiger partial charge in [0.2, 0.25) is 0 Å². The molecule has 0 radical (unpaired) electrons. The molecule has 1 aromatic carbocycles. The van der Waals surface area contributed by atoms with Crippen LogP contribution in [-0.4, -0.2) is 22.6 Å². The van der Waals surface area contributed by atoms with Crippen LogP contribution < -0.4 is 0 Å². The highest BCUT2D eigenvalue weighted by Crippen LogP contribution is 2.12. The molecule has 0 aliphatic carbocycles. The predicted molar refractivity (Wildman–Crippen MR) is 62.4 cm³/mol. The summed E-state index contributed by atoms with van der Waals surface area (Å²) >= 11 is 0. The van der Waals surface area contributed by atoms with Gasteiger partial charge < -0.3 is 10.2 Å². The number of phenolic OH excluding ortho intramolecular Hbond substituents is 1. The molecule has 0 atom stereocenters. The third-order valence-corrected chi connectivity index (χ3v) is 2.49. The lowest BCUT2D eigenvalue weighted by Crippen LogP contribution is -2.00. The molecule has 0 saturated carbocycles. The summed E-state index contributed by atoms with van der Waals surface area (Å²) in [4.78, 5) is 11.4. The number of rotatable bonds is 7. The summed E-state index contributed by atoms with van der Waals surface area (Å²) in [6.45, 7) is 0.158. The van der Waals surface area contributed by atoms with E-state index in [-0.39, 0.29) is 18.1 Å². The van der Waals surface area contributed by atoms with Crippen molar-refractivity contribution in [2.24, 2.45) is 0 Å². The van der Waals surface area contributed by atoms with E-state index in [0.29, 0.717) is 19.3 Å². The lowest BCUT2D eigenvalue weighted by Gasteiger charge is -2.01. The van der Waals surface area contributed by atoms with Gasteiger partial charge in [-0.2, -0.15) is 0 Å². The highest BCUT2D eigenvalue weighted by Gasteiger charge is 2.02. The summed E-state index contributed by atoms with van der Waals surface area (Å²) in [7, 11) is 0. The summed E-state index contributed by atoms with van der Waals surface area (Å²) in [5.74, 6) is 0.486. The highest BCUT2D eigenvalue weighted by molar-refractivity contribution is 5.78. The summed E-state index contributed by atoms with van der Waals surface area (Å²) in [5.41, 5.74) is 1.06. The second kappa shape index (κ2) is 7.01. The van der Waals surface area contributed by atoms with E-state index in [0.717, 1.165) is 18.4 Å². The first kappa shape index (κ1) is 12.7. The van der Waals surface area contributed by atoms with Gasteiger partial charge in [0.25, 0.3) is 0 Å². The summed E-state index contributed by atoms with van der Waals surface area (Å²) < 4.78 is 0. The van der Waals surface area contributed by atoms with Crippen LogP contribution in [-0.2, 0) is 11.2 Å². The molecule has 88 valence electrons. The molecular weight excluding hydrogens is 204 g/mol. The van der Waals surface area contributed by atoms with Crippen molar-refractivity contribution in [1.29, 1.82) is 0 Å². The van der Waals surface area contributed by atoms with Gasteiger partial charge in [-0.25, -0.2) is 0 Å². The number of carbonyl (C=O) groups excluding carboxylic acids is 1. The van der Waals surface area contributed by atoms with Crippen LogP contribution in [0.15, 0.2) is 24.3 Å². The van der Waals surface area contributed by atoms with Crippen LogP contribution >= 0.6 is 0 Å². The Bertz CT molecular complexity index is 316. The zero-order chi connectivity index (χ0) is 11.8. The average Bonchev–Trinajstić information content (AvgIpc) is 2.29. The number of Topliss-reactive ketones (excluding diaryl/α,β-unsaturated/α-hetero) is 1. The van der Waals surface area contributed by atoms with E-state index in [9.17, 15) is 4.79 Å². The predicted octanol–water partition coefficient (Wildman–Crippen LogP) is 2.06. The van der Waals surface area contributed by atoms with Gasteiger partial charge >= 0.3 is 0 Å². The Hall–Kier alpha value is -1.35. The Balaban J connectivity index is 2.23. The van der Waals surface area contributed by atoms with E-state index >= 15 is 0 Å². The number of carbonyl (C=O) groups is 1. The topological polar surface area (TPSA) is 57.5 Å². The minimum absolute atomic E-state index is 0.158. The van der Waals surface area contributed by atoms with Gasteiger partial charge in [-0.3, -0.25) is 4.79 Å². The Morgan fingerprint density at radius 3 is 2.38 bits per heavy atom. The Kier molecular flexibility index (Phi) is 5.57. The van der Waals surface area contributed by atoms with Gasteiger partial charge in [0.05, 0.1) is 0 Å². The van der Waals surface area contributed by atoms with Crippen molar-refractivity contribution in [2.45, 2.75) is 32.1 Å². The van der Waals surface area contributed by atoms with Gasteiger partial charge in [0.15, 0.2) is 0 Å². The Morgan fingerprint density at radius 1 is 1.06 bits per heavy atom. The summed E-state index contributed by atoms with van der Waals surface area (Å²) in [6, 6.07) is 6.92. The smallest absolute Gasteiger partial charge is 0.133 e. The minimum Gasteiger partial charge on any atom is -0.508 e. The third kappa shape index (κ3) is 4.94. The van der Waals surface area contributed by atoms with Gasteiger partial charge in [0.1, 0.15) is 11.5 Å². The lowest BCUT2D eigenvalue weighted by atomic mass is 10.0. The van der Waals surface area contributed by atoms with E-state index in [1.54, 1.807) is 12.1 Å². The monoisotopic (exact) mass is 222 g/mol. The molecule has 1 rings (SSSR count). The first-order valence-electron chi connectivity index (χ1n) is 5.63. The second-order valence-corrected chi connectivity index (χ2v) is 3.89. The van der Waals surface area contributed by atoms with Gasteiger partial charge in [-0.15, -0.1) is 0 Å². The van der Waals surface area contributed by atoms with Crippen molar-refractivity contribution in [1.82, 2.24) is 0 Å². The van der Waals surface area contributed by atoms with Crippen molar-refractivity contribution in [3.63, 3.8) is 0 Å². The van der Waals surface area contributed by atoms with Crippen LogP contribution in [0, 0.1) is 0 Å². The maximum Gasteiger partial charge on any atom is 0.133 e. The van der Waals surface area contributed by atoms with E-state index in [1.807, 2.05) is 12.1 Å². The normalized spacial score (nSPS) is 10.3. The Morgan fingerprint density at radius 2 is 1.75 bits per heavy atom. The number of unbranched alkanes of at least 4 members (excludes halogenated alkanes) is 1. The van der Waals surface area contributed by atoms with E-state index in [1.165, 1.54) is 0 Å². The maximum absolute atomic E-state index is 11.4. The number of ketones is 1. The molecule has 3 nitrogen and oxygen atoms in total. The molecule has 0 saturated heterocycles. The molecule has 0 bridgehead atoms. The molecule has 0 heterocycles. The van der Waals surface area contributed by atoms with Gasteiger partial charge in [0, 0.05) is 19.4 Å². The van der Waals surface area contributed by atoms with Crippen molar-refractivity contribution in [3.05, 3.63) is 29.8 Å². The summed E-state index contributed by atoms with van der Waals surface area (Å²) in [6.07, 6.45) is 3.28. The fourth-order valence-corrected chi connectivity index (χ4v) is 1.51. The van der Waals surface area contributed by atoms with Gasteiger partial charge in [-0.1, -0.05) is 12.1 Å². The first-order chi connectivity index (χ1) is 7.72. The quantitative estimate of drug-likeness (QED) is 0.694. The minimum atomic E-state index is 0.158. The van der Waals surface area contributed by atoms with Gasteiger partial charge in [-0.05, 0) is 37.0 Å².